The van der Waals surface area contributed by atoms with Crippen molar-refractivity contribution in [2.45, 2.75) is 33.1 Å². The molecule has 90 valence electrons. The van der Waals surface area contributed by atoms with Crippen LogP contribution in [0.15, 0.2) is 0 Å². The number of ether oxygens (including phenoxy) is 1. The molecule has 1 rings (SSSR count). The van der Waals surface area contributed by atoms with Gasteiger partial charge in [0, 0.05) is 11.7 Å². The molecule has 0 aromatic carbocycles. The van der Waals surface area contributed by atoms with Crippen LogP contribution in [0.25, 0.3) is 0 Å². The van der Waals surface area contributed by atoms with Crippen molar-refractivity contribution in [3.8, 4) is 0 Å². The van der Waals surface area contributed by atoms with Crippen LogP contribution < -0.4 is 0 Å². The first-order chi connectivity index (χ1) is 7.40. The summed E-state index contributed by atoms with van der Waals surface area (Å²) in [5.74, 6) is 0.462. The molecular formula is C10H17N3O2S. The van der Waals surface area contributed by atoms with Crippen LogP contribution >= 0.6 is 11.9 Å². The Bertz CT molecular complexity index is 382. The van der Waals surface area contributed by atoms with Crippen LogP contribution in [0.4, 0.5) is 0 Å². The van der Waals surface area contributed by atoms with Crippen molar-refractivity contribution >= 4 is 17.9 Å². The van der Waals surface area contributed by atoms with Gasteiger partial charge in [0.1, 0.15) is 0 Å². The van der Waals surface area contributed by atoms with Crippen LogP contribution in [0.1, 0.15) is 44.1 Å². The first kappa shape index (κ1) is 13.0. The molecule has 0 fully saturated rings. The van der Waals surface area contributed by atoms with E-state index < -0.39 is 5.97 Å². The fourth-order valence-corrected chi connectivity index (χ4v) is 1.51. The van der Waals surface area contributed by atoms with Crippen LogP contribution in [-0.2, 0) is 10.2 Å². The van der Waals surface area contributed by atoms with Crippen molar-refractivity contribution in [2.75, 3.05) is 12.9 Å². The van der Waals surface area contributed by atoms with Crippen molar-refractivity contribution < 1.29 is 9.53 Å². The van der Waals surface area contributed by atoms with Crippen LogP contribution in [-0.4, -0.2) is 33.0 Å². The second-order valence-corrected chi connectivity index (χ2v) is 5.00. The lowest BCUT2D eigenvalue weighted by Crippen LogP contribution is -2.14. The molecule has 0 amide bonds. The standard InChI is InChI=1S/C10H17N3O2S/c1-6-15-8(14)7-11-9(10(2,3)4)12-13(7)16-5/h6H2,1-5H3. The minimum atomic E-state index is -0.431. The predicted octanol–water partition coefficient (Wildman–Crippen LogP) is 1.88. The van der Waals surface area contributed by atoms with Gasteiger partial charge in [0.05, 0.1) is 6.61 Å². The van der Waals surface area contributed by atoms with Gasteiger partial charge >= 0.3 is 5.97 Å². The smallest absolute Gasteiger partial charge is 0.377 e. The Morgan fingerprint density at radius 3 is 2.56 bits per heavy atom. The van der Waals surface area contributed by atoms with Gasteiger partial charge in [-0.25, -0.2) is 9.78 Å². The maximum absolute atomic E-state index is 11.6. The number of esters is 1. The Kier molecular flexibility index (Phi) is 3.96. The average Bonchev–Trinajstić information content (AvgIpc) is 2.61. The highest BCUT2D eigenvalue weighted by molar-refractivity contribution is 7.97. The van der Waals surface area contributed by atoms with E-state index in [-0.39, 0.29) is 11.2 Å². The van der Waals surface area contributed by atoms with E-state index in [1.165, 1.54) is 16.0 Å². The van der Waals surface area contributed by atoms with Crippen LogP contribution in [0.3, 0.4) is 0 Å². The molecule has 0 spiro atoms. The van der Waals surface area contributed by atoms with E-state index in [4.69, 9.17) is 4.74 Å². The Balaban J connectivity index is 3.09. The molecule has 1 aromatic heterocycles. The Hall–Kier alpha value is -1.04. The number of rotatable bonds is 3. The summed E-state index contributed by atoms with van der Waals surface area (Å²) in [7, 11) is 0. The highest BCUT2D eigenvalue weighted by Crippen LogP contribution is 2.20. The number of carbonyl (C=O) groups excluding carboxylic acids is 1. The van der Waals surface area contributed by atoms with Gasteiger partial charge in [0.2, 0.25) is 5.82 Å². The lowest BCUT2D eigenvalue weighted by molar-refractivity contribution is 0.0511. The quantitative estimate of drug-likeness (QED) is 0.759. The highest BCUT2D eigenvalue weighted by Gasteiger charge is 2.25. The zero-order chi connectivity index (χ0) is 12.3. The van der Waals surface area contributed by atoms with Crippen LogP contribution in [0, 0.1) is 0 Å². The molecule has 0 aliphatic heterocycles. The van der Waals surface area contributed by atoms with E-state index in [9.17, 15) is 4.79 Å². The summed E-state index contributed by atoms with van der Waals surface area (Å²) in [6.45, 7) is 8.11. The van der Waals surface area contributed by atoms with E-state index in [1.54, 1.807) is 6.92 Å². The second-order valence-electron chi connectivity index (χ2n) is 4.28. The van der Waals surface area contributed by atoms with Crippen LogP contribution in [0.5, 0.6) is 0 Å². The fourth-order valence-electron chi connectivity index (χ4n) is 1.06. The van der Waals surface area contributed by atoms with Gasteiger partial charge in [0.25, 0.3) is 0 Å². The lowest BCUT2D eigenvalue weighted by Gasteiger charge is -2.11. The third-order valence-electron chi connectivity index (χ3n) is 1.88. The topological polar surface area (TPSA) is 57.0 Å². The molecule has 1 heterocycles. The van der Waals surface area contributed by atoms with E-state index in [1.807, 2.05) is 27.0 Å². The van der Waals surface area contributed by atoms with E-state index in [2.05, 4.69) is 10.1 Å². The number of nitrogens with zero attached hydrogens (tertiary/aromatic N) is 3. The molecule has 0 bridgehead atoms. The maximum atomic E-state index is 11.6. The van der Waals surface area contributed by atoms with Gasteiger partial charge in [-0.05, 0) is 18.9 Å². The molecule has 0 N–H and O–H groups in total. The maximum Gasteiger partial charge on any atom is 0.377 e. The van der Waals surface area contributed by atoms with E-state index >= 15 is 0 Å². The number of hydrogen-bond acceptors (Lipinski definition) is 5. The average molecular weight is 243 g/mol. The van der Waals surface area contributed by atoms with Crippen molar-refractivity contribution in [1.29, 1.82) is 0 Å². The fraction of sp³-hybridized carbons (Fsp3) is 0.700. The second kappa shape index (κ2) is 4.86. The molecule has 0 unspecified atom stereocenters. The van der Waals surface area contributed by atoms with Crippen molar-refractivity contribution in [2.24, 2.45) is 0 Å². The summed E-state index contributed by atoms with van der Waals surface area (Å²) < 4.78 is 6.42. The van der Waals surface area contributed by atoms with Gasteiger partial charge in [-0.15, -0.1) is 5.10 Å². The highest BCUT2D eigenvalue weighted by atomic mass is 32.2. The minimum absolute atomic E-state index is 0.178. The van der Waals surface area contributed by atoms with Crippen molar-refractivity contribution in [1.82, 2.24) is 14.2 Å². The third-order valence-corrected chi connectivity index (χ3v) is 2.48. The molecule has 0 aliphatic rings. The zero-order valence-electron chi connectivity index (χ0n) is 10.3. The van der Waals surface area contributed by atoms with Gasteiger partial charge in [-0.2, -0.15) is 4.09 Å². The van der Waals surface area contributed by atoms with Crippen molar-refractivity contribution in [3.63, 3.8) is 0 Å². The third kappa shape index (κ3) is 2.75. The molecule has 0 atom stereocenters. The van der Waals surface area contributed by atoms with E-state index in [0.29, 0.717) is 12.4 Å². The molecule has 0 radical (unpaired) electrons. The molecule has 16 heavy (non-hydrogen) atoms. The van der Waals surface area contributed by atoms with Gasteiger partial charge in [0.15, 0.2) is 5.82 Å². The zero-order valence-corrected chi connectivity index (χ0v) is 11.1. The first-order valence-electron chi connectivity index (χ1n) is 5.09. The Morgan fingerprint density at radius 1 is 1.50 bits per heavy atom. The van der Waals surface area contributed by atoms with Gasteiger partial charge in [-0.3, -0.25) is 0 Å². The number of hydrogen-bond donors (Lipinski definition) is 0. The molecular weight excluding hydrogens is 226 g/mol. The summed E-state index contributed by atoms with van der Waals surface area (Å²) >= 11 is 1.33. The Morgan fingerprint density at radius 2 is 2.12 bits per heavy atom. The predicted molar refractivity (Wildman–Crippen MR) is 63.6 cm³/mol. The molecule has 0 saturated carbocycles. The minimum Gasteiger partial charge on any atom is -0.460 e. The summed E-state index contributed by atoms with van der Waals surface area (Å²) in [5.41, 5.74) is -0.178. The number of carbonyl (C=O) groups is 1. The SMILES string of the molecule is CCOC(=O)c1nc(C(C)(C)C)nn1SC. The van der Waals surface area contributed by atoms with Crippen molar-refractivity contribution in [3.05, 3.63) is 11.6 Å². The molecule has 5 nitrogen and oxygen atoms in total. The molecule has 0 aliphatic carbocycles. The summed E-state index contributed by atoms with van der Waals surface area (Å²) in [5, 5.41) is 4.27. The lowest BCUT2D eigenvalue weighted by atomic mass is 9.96. The van der Waals surface area contributed by atoms with E-state index in [0.717, 1.165) is 0 Å². The normalized spacial score (nSPS) is 11.6. The molecule has 0 saturated heterocycles. The van der Waals surface area contributed by atoms with Gasteiger partial charge < -0.3 is 4.74 Å². The molecule has 1 aromatic rings. The summed E-state index contributed by atoms with van der Waals surface area (Å²) in [6.07, 6.45) is 1.84. The summed E-state index contributed by atoms with van der Waals surface area (Å²) in [6, 6.07) is 0. The molecule has 6 heteroatoms. The van der Waals surface area contributed by atoms with Crippen LogP contribution in [0.2, 0.25) is 0 Å². The number of aromatic nitrogens is 3. The monoisotopic (exact) mass is 243 g/mol. The Labute approximate surface area is 99.7 Å². The van der Waals surface area contributed by atoms with Gasteiger partial charge in [-0.1, -0.05) is 20.8 Å². The summed E-state index contributed by atoms with van der Waals surface area (Å²) in [4.78, 5) is 15.8. The largest absolute Gasteiger partial charge is 0.460 e. The first-order valence-corrected chi connectivity index (χ1v) is 6.27.